The minimum atomic E-state index is -2.94. The highest BCUT2D eigenvalue weighted by molar-refractivity contribution is 7.91. The molecule has 0 fully saturated rings. The van der Waals surface area contributed by atoms with Gasteiger partial charge in [0, 0.05) is 16.8 Å². The molecule has 108 valence electrons. The number of hydrogen-bond acceptors (Lipinski definition) is 3. The maximum atomic E-state index is 13.0. The highest BCUT2D eigenvalue weighted by Crippen LogP contribution is 2.26. The Kier molecular flexibility index (Phi) is 6.23. The number of benzene rings is 1. The third-order valence-corrected chi connectivity index (χ3v) is 5.19. The third kappa shape index (κ3) is 5.09. The molecule has 19 heavy (non-hydrogen) atoms. The molecule has 6 heteroatoms. The van der Waals surface area contributed by atoms with Crippen LogP contribution in [0.1, 0.15) is 31.4 Å². The Labute approximate surface area is 119 Å². The van der Waals surface area contributed by atoms with Crippen LogP contribution < -0.4 is 5.32 Å². The summed E-state index contributed by atoms with van der Waals surface area (Å²) in [5.41, 5.74) is 0.791. The fourth-order valence-electron chi connectivity index (χ4n) is 1.89. The lowest BCUT2D eigenvalue weighted by atomic mass is 10.0. The summed E-state index contributed by atoms with van der Waals surface area (Å²) in [6, 6.07) is 4.19. The predicted molar refractivity (Wildman–Crippen MR) is 76.8 cm³/mol. The molecule has 0 aliphatic rings. The maximum absolute atomic E-state index is 13.0. The molecule has 0 amide bonds. The lowest BCUT2D eigenvalue weighted by molar-refractivity contribution is 0.534. The normalized spacial score (nSPS) is 13.5. The van der Waals surface area contributed by atoms with Gasteiger partial charge in [0.2, 0.25) is 0 Å². The molecule has 1 rings (SSSR count). The van der Waals surface area contributed by atoms with Crippen LogP contribution in [0.4, 0.5) is 4.39 Å². The van der Waals surface area contributed by atoms with Crippen molar-refractivity contribution in [1.29, 1.82) is 0 Å². The van der Waals surface area contributed by atoms with Crippen LogP contribution in [0.15, 0.2) is 18.2 Å². The molecule has 0 spiro atoms. The molecule has 0 saturated carbocycles. The van der Waals surface area contributed by atoms with Crippen molar-refractivity contribution in [2.45, 2.75) is 25.8 Å². The van der Waals surface area contributed by atoms with Crippen molar-refractivity contribution in [3.05, 3.63) is 34.6 Å². The highest BCUT2D eigenvalue weighted by Gasteiger charge is 2.15. The SMILES string of the molecule is CCS(=O)(=O)CCCC(NC)c1ccc(F)cc1Cl. The first kappa shape index (κ1) is 16.4. The van der Waals surface area contributed by atoms with Gasteiger partial charge >= 0.3 is 0 Å². The largest absolute Gasteiger partial charge is 0.313 e. The molecule has 1 aromatic rings. The van der Waals surface area contributed by atoms with E-state index < -0.39 is 9.84 Å². The molecule has 0 heterocycles. The molecule has 0 aliphatic heterocycles. The lowest BCUT2D eigenvalue weighted by Crippen LogP contribution is -2.18. The van der Waals surface area contributed by atoms with Gasteiger partial charge in [-0.2, -0.15) is 0 Å². The second-order valence-electron chi connectivity index (χ2n) is 4.39. The Morgan fingerprint density at radius 3 is 2.63 bits per heavy atom. The zero-order valence-corrected chi connectivity index (χ0v) is 12.7. The van der Waals surface area contributed by atoms with Crippen molar-refractivity contribution >= 4 is 21.4 Å². The van der Waals surface area contributed by atoms with E-state index in [1.165, 1.54) is 12.1 Å². The third-order valence-electron chi connectivity index (χ3n) is 3.07. The van der Waals surface area contributed by atoms with E-state index in [2.05, 4.69) is 5.32 Å². The smallest absolute Gasteiger partial charge is 0.150 e. The standard InChI is InChI=1S/C13H19ClFNO2S/c1-3-19(17,18)8-4-5-13(16-2)11-7-6-10(15)9-12(11)14/h6-7,9,13,16H,3-5,8H2,1-2H3. The Balaban J connectivity index is 2.68. The summed E-state index contributed by atoms with van der Waals surface area (Å²) in [7, 11) is -1.17. The van der Waals surface area contributed by atoms with Gasteiger partial charge in [-0.1, -0.05) is 24.6 Å². The van der Waals surface area contributed by atoms with Crippen molar-refractivity contribution in [3.63, 3.8) is 0 Å². The van der Waals surface area contributed by atoms with Crippen molar-refractivity contribution in [2.75, 3.05) is 18.6 Å². The van der Waals surface area contributed by atoms with E-state index in [4.69, 9.17) is 11.6 Å². The van der Waals surface area contributed by atoms with Gasteiger partial charge in [0.1, 0.15) is 15.7 Å². The first-order valence-corrected chi connectivity index (χ1v) is 8.42. The number of halogens is 2. The molecule has 1 N–H and O–H groups in total. The van der Waals surface area contributed by atoms with Crippen LogP contribution >= 0.6 is 11.6 Å². The Bertz CT molecular complexity index is 519. The quantitative estimate of drug-likeness (QED) is 0.842. The van der Waals surface area contributed by atoms with Crippen LogP contribution in [0, 0.1) is 5.82 Å². The summed E-state index contributed by atoms with van der Waals surface area (Å²) >= 11 is 6.00. The molecular formula is C13H19ClFNO2S. The Morgan fingerprint density at radius 2 is 2.11 bits per heavy atom. The predicted octanol–water partition coefficient (Wildman–Crippen LogP) is 2.95. The zero-order chi connectivity index (χ0) is 14.5. The summed E-state index contributed by atoms with van der Waals surface area (Å²) in [4.78, 5) is 0. The summed E-state index contributed by atoms with van der Waals surface area (Å²) in [5, 5.41) is 3.44. The van der Waals surface area contributed by atoms with Crippen LogP contribution in [0.25, 0.3) is 0 Å². The summed E-state index contributed by atoms with van der Waals surface area (Å²) in [6.07, 6.45) is 1.19. The van der Waals surface area contributed by atoms with E-state index in [1.54, 1.807) is 20.0 Å². The summed E-state index contributed by atoms with van der Waals surface area (Å²) < 4.78 is 35.8. The summed E-state index contributed by atoms with van der Waals surface area (Å²) in [5.74, 6) is -0.0492. The second kappa shape index (κ2) is 7.22. The number of nitrogens with one attached hydrogen (secondary N) is 1. The fraction of sp³-hybridized carbons (Fsp3) is 0.538. The first-order chi connectivity index (χ1) is 8.89. The minimum absolute atomic E-state index is 0.0693. The average Bonchev–Trinajstić information content (AvgIpc) is 2.36. The number of hydrogen-bond donors (Lipinski definition) is 1. The second-order valence-corrected chi connectivity index (χ2v) is 7.27. The summed E-state index contributed by atoms with van der Waals surface area (Å²) in [6.45, 7) is 1.64. The van der Waals surface area contributed by atoms with Crippen molar-refractivity contribution in [1.82, 2.24) is 5.32 Å². The zero-order valence-electron chi connectivity index (χ0n) is 11.1. The van der Waals surface area contributed by atoms with Gasteiger partial charge in [0.05, 0.1) is 5.75 Å². The average molecular weight is 308 g/mol. The lowest BCUT2D eigenvalue weighted by Gasteiger charge is -2.18. The molecule has 1 atom stereocenters. The highest BCUT2D eigenvalue weighted by atomic mass is 35.5. The molecule has 0 aromatic heterocycles. The van der Waals surface area contributed by atoms with Gasteiger partial charge in [-0.15, -0.1) is 0 Å². The van der Waals surface area contributed by atoms with Crippen LogP contribution in [0.5, 0.6) is 0 Å². The number of sulfone groups is 1. The maximum Gasteiger partial charge on any atom is 0.150 e. The molecule has 0 radical (unpaired) electrons. The van der Waals surface area contributed by atoms with Crippen molar-refractivity contribution < 1.29 is 12.8 Å². The molecular weight excluding hydrogens is 289 g/mol. The fourth-order valence-corrected chi connectivity index (χ4v) is 3.09. The van der Waals surface area contributed by atoms with E-state index in [0.717, 1.165) is 5.56 Å². The minimum Gasteiger partial charge on any atom is -0.313 e. The van der Waals surface area contributed by atoms with Gasteiger partial charge in [0.15, 0.2) is 0 Å². The van der Waals surface area contributed by atoms with Gasteiger partial charge in [-0.3, -0.25) is 0 Å². The molecule has 0 bridgehead atoms. The van der Waals surface area contributed by atoms with E-state index in [9.17, 15) is 12.8 Å². The van der Waals surface area contributed by atoms with Gasteiger partial charge in [-0.05, 0) is 37.6 Å². The van der Waals surface area contributed by atoms with Crippen molar-refractivity contribution in [3.8, 4) is 0 Å². The van der Waals surface area contributed by atoms with Crippen LogP contribution in [0.3, 0.4) is 0 Å². The molecule has 0 aliphatic carbocycles. The van der Waals surface area contributed by atoms with E-state index in [1.807, 2.05) is 0 Å². The molecule has 0 saturated heterocycles. The van der Waals surface area contributed by atoms with Crippen LogP contribution in [0.2, 0.25) is 5.02 Å². The van der Waals surface area contributed by atoms with E-state index in [0.29, 0.717) is 17.9 Å². The van der Waals surface area contributed by atoms with E-state index >= 15 is 0 Å². The van der Waals surface area contributed by atoms with E-state index in [-0.39, 0.29) is 23.4 Å². The van der Waals surface area contributed by atoms with Gasteiger partial charge in [-0.25, -0.2) is 12.8 Å². The van der Waals surface area contributed by atoms with Gasteiger partial charge in [0.25, 0.3) is 0 Å². The number of rotatable bonds is 7. The van der Waals surface area contributed by atoms with Crippen molar-refractivity contribution in [2.24, 2.45) is 0 Å². The van der Waals surface area contributed by atoms with Crippen LogP contribution in [-0.2, 0) is 9.84 Å². The van der Waals surface area contributed by atoms with Crippen LogP contribution in [-0.4, -0.2) is 27.0 Å². The molecule has 1 aromatic carbocycles. The first-order valence-electron chi connectivity index (χ1n) is 6.22. The Morgan fingerprint density at radius 1 is 1.42 bits per heavy atom. The molecule has 3 nitrogen and oxygen atoms in total. The monoisotopic (exact) mass is 307 g/mol. The van der Waals surface area contributed by atoms with Gasteiger partial charge < -0.3 is 5.32 Å². The topological polar surface area (TPSA) is 46.2 Å². The molecule has 1 unspecified atom stereocenters. The Hall–Kier alpha value is -0.650.